The molecule has 1 aromatic carbocycles. The first-order chi connectivity index (χ1) is 9.93. The van der Waals surface area contributed by atoms with Gasteiger partial charge >= 0.3 is 0 Å². The molecule has 1 fully saturated rings. The Hall–Kier alpha value is -1.83. The second-order valence-corrected chi connectivity index (χ2v) is 7.16. The highest BCUT2D eigenvalue weighted by molar-refractivity contribution is 5.99. The second kappa shape index (κ2) is 5.18. The van der Waals surface area contributed by atoms with E-state index in [-0.39, 0.29) is 5.41 Å². The summed E-state index contributed by atoms with van der Waals surface area (Å²) >= 11 is 0. The Bertz CT molecular complexity index is 639. The molecule has 0 amide bonds. The van der Waals surface area contributed by atoms with E-state index in [4.69, 9.17) is 0 Å². The van der Waals surface area contributed by atoms with Crippen LogP contribution >= 0.6 is 0 Å². The molecule has 1 aromatic heterocycles. The first-order valence-corrected chi connectivity index (χ1v) is 7.73. The van der Waals surface area contributed by atoms with E-state index in [0.29, 0.717) is 11.7 Å². The largest absolute Gasteiger partial charge is 0.349 e. The highest BCUT2D eigenvalue weighted by Gasteiger charge is 2.30. The Labute approximate surface area is 126 Å². The van der Waals surface area contributed by atoms with Gasteiger partial charge in [-0.1, -0.05) is 45.0 Å². The van der Waals surface area contributed by atoms with Crippen molar-refractivity contribution < 1.29 is 4.79 Å². The van der Waals surface area contributed by atoms with Crippen molar-refractivity contribution in [2.45, 2.75) is 45.6 Å². The summed E-state index contributed by atoms with van der Waals surface area (Å²) in [6.45, 7) is 7.50. The van der Waals surface area contributed by atoms with Crippen molar-refractivity contribution >= 4 is 5.78 Å². The van der Waals surface area contributed by atoms with Crippen LogP contribution in [0, 0.1) is 5.92 Å². The lowest BCUT2D eigenvalue weighted by atomic mass is 9.87. The molecular formula is C19H23NO. The minimum absolute atomic E-state index is 0.190. The van der Waals surface area contributed by atoms with Crippen LogP contribution in [-0.2, 0) is 12.0 Å². The van der Waals surface area contributed by atoms with Crippen molar-refractivity contribution in [3.05, 3.63) is 59.4 Å². The number of aromatic nitrogens is 1. The highest BCUT2D eigenvalue weighted by Crippen LogP contribution is 2.32. The molecule has 0 N–H and O–H groups in total. The number of ketones is 1. The predicted octanol–water partition coefficient (Wildman–Crippen LogP) is 4.43. The molecule has 0 saturated heterocycles. The first kappa shape index (κ1) is 14.1. The summed E-state index contributed by atoms with van der Waals surface area (Å²) in [6, 6.07) is 10.7. The number of carbonyl (C=O) groups is 1. The van der Waals surface area contributed by atoms with Gasteiger partial charge in [0.2, 0.25) is 0 Å². The maximum absolute atomic E-state index is 12.0. The molecule has 0 radical (unpaired) electrons. The van der Waals surface area contributed by atoms with Gasteiger partial charge in [-0.25, -0.2) is 0 Å². The first-order valence-electron chi connectivity index (χ1n) is 7.73. The van der Waals surface area contributed by atoms with Crippen molar-refractivity contribution in [1.82, 2.24) is 4.57 Å². The molecule has 1 aliphatic rings. The maximum atomic E-state index is 12.0. The molecule has 2 aromatic rings. The zero-order chi connectivity index (χ0) is 15.0. The maximum Gasteiger partial charge on any atom is 0.167 e. The van der Waals surface area contributed by atoms with Gasteiger partial charge in [0, 0.05) is 30.4 Å². The molecule has 2 heteroatoms. The Balaban J connectivity index is 1.70. The molecule has 2 nitrogen and oxygen atoms in total. The third kappa shape index (κ3) is 3.26. The number of Topliss-reactive ketones (excluding diaryl/α,β-unsaturated/α-hetero) is 1. The topological polar surface area (TPSA) is 22.0 Å². The number of benzene rings is 1. The van der Waals surface area contributed by atoms with Crippen LogP contribution in [0.15, 0.2) is 42.7 Å². The van der Waals surface area contributed by atoms with Crippen molar-refractivity contribution in [2.24, 2.45) is 5.92 Å². The van der Waals surface area contributed by atoms with E-state index in [9.17, 15) is 4.79 Å². The monoisotopic (exact) mass is 281 g/mol. The van der Waals surface area contributed by atoms with E-state index < -0.39 is 0 Å². The standard InChI is InChI=1S/C19H23NO/c1-19(2,3)17-8-4-14(5-9-17)12-20-11-10-16(13-20)18(21)15-6-7-15/h4-5,8-11,13,15H,6-7,12H2,1-3H3. The lowest BCUT2D eigenvalue weighted by Crippen LogP contribution is -2.10. The van der Waals surface area contributed by atoms with Crippen LogP contribution < -0.4 is 0 Å². The molecule has 3 rings (SSSR count). The average Bonchev–Trinajstić information content (AvgIpc) is 3.18. The van der Waals surface area contributed by atoms with Crippen molar-refractivity contribution in [2.75, 3.05) is 0 Å². The smallest absolute Gasteiger partial charge is 0.167 e. The fourth-order valence-electron chi connectivity index (χ4n) is 2.59. The summed E-state index contributed by atoms with van der Waals surface area (Å²) in [5, 5.41) is 0. The molecule has 110 valence electrons. The molecular weight excluding hydrogens is 258 g/mol. The number of hydrogen-bond donors (Lipinski definition) is 0. The van der Waals surface area contributed by atoms with Crippen LogP contribution in [0.25, 0.3) is 0 Å². The third-order valence-electron chi connectivity index (χ3n) is 4.17. The van der Waals surface area contributed by atoms with Crippen LogP contribution in [0.4, 0.5) is 0 Å². The van der Waals surface area contributed by atoms with E-state index in [2.05, 4.69) is 49.6 Å². The molecule has 1 heterocycles. The van der Waals surface area contributed by atoms with Crippen LogP contribution in [-0.4, -0.2) is 10.4 Å². The minimum atomic E-state index is 0.190. The summed E-state index contributed by atoms with van der Waals surface area (Å²) in [6.07, 6.45) is 6.13. The number of rotatable bonds is 4. The van der Waals surface area contributed by atoms with Crippen LogP contribution in [0.1, 0.15) is 55.1 Å². The van der Waals surface area contributed by atoms with Gasteiger partial charge in [-0.2, -0.15) is 0 Å². The quantitative estimate of drug-likeness (QED) is 0.760. The molecule has 1 saturated carbocycles. The summed E-state index contributed by atoms with van der Waals surface area (Å²) in [7, 11) is 0. The fraction of sp³-hybridized carbons (Fsp3) is 0.421. The Morgan fingerprint density at radius 3 is 2.38 bits per heavy atom. The van der Waals surface area contributed by atoms with Gasteiger partial charge in [-0.15, -0.1) is 0 Å². The van der Waals surface area contributed by atoms with Gasteiger partial charge in [0.15, 0.2) is 5.78 Å². The Morgan fingerprint density at radius 2 is 1.81 bits per heavy atom. The number of carbonyl (C=O) groups excluding carboxylic acids is 1. The lowest BCUT2D eigenvalue weighted by molar-refractivity contribution is 0.0967. The van der Waals surface area contributed by atoms with Crippen molar-refractivity contribution in [3.8, 4) is 0 Å². The van der Waals surface area contributed by atoms with Gasteiger partial charge in [-0.05, 0) is 35.4 Å². The minimum Gasteiger partial charge on any atom is -0.349 e. The van der Waals surface area contributed by atoms with E-state index in [1.165, 1.54) is 11.1 Å². The van der Waals surface area contributed by atoms with E-state index in [0.717, 1.165) is 24.9 Å². The summed E-state index contributed by atoms with van der Waals surface area (Å²) < 4.78 is 2.10. The lowest BCUT2D eigenvalue weighted by Gasteiger charge is -2.19. The van der Waals surface area contributed by atoms with E-state index >= 15 is 0 Å². The van der Waals surface area contributed by atoms with Crippen LogP contribution in [0.5, 0.6) is 0 Å². The Kier molecular flexibility index (Phi) is 3.48. The number of hydrogen-bond acceptors (Lipinski definition) is 1. The molecule has 0 aliphatic heterocycles. The SMILES string of the molecule is CC(C)(C)c1ccc(Cn2ccc(C(=O)C3CC3)c2)cc1. The third-order valence-corrected chi connectivity index (χ3v) is 4.17. The zero-order valence-electron chi connectivity index (χ0n) is 13.1. The zero-order valence-corrected chi connectivity index (χ0v) is 13.1. The van der Waals surface area contributed by atoms with E-state index in [1.807, 2.05) is 18.5 Å². The van der Waals surface area contributed by atoms with Gasteiger partial charge in [-0.3, -0.25) is 4.79 Å². The fourth-order valence-corrected chi connectivity index (χ4v) is 2.59. The van der Waals surface area contributed by atoms with Crippen LogP contribution in [0.2, 0.25) is 0 Å². The molecule has 1 aliphatic carbocycles. The normalized spacial score (nSPS) is 15.2. The molecule has 0 unspecified atom stereocenters. The summed E-state index contributed by atoms with van der Waals surface area (Å²) in [5.41, 5.74) is 3.67. The average molecular weight is 281 g/mol. The second-order valence-electron chi connectivity index (χ2n) is 7.16. The molecule has 0 bridgehead atoms. The summed E-state index contributed by atoms with van der Waals surface area (Å²) in [5.74, 6) is 0.615. The van der Waals surface area contributed by atoms with Gasteiger partial charge in [0.25, 0.3) is 0 Å². The Morgan fingerprint density at radius 1 is 1.14 bits per heavy atom. The number of nitrogens with zero attached hydrogens (tertiary/aromatic N) is 1. The van der Waals surface area contributed by atoms with Crippen molar-refractivity contribution in [3.63, 3.8) is 0 Å². The molecule has 0 spiro atoms. The van der Waals surface area contributed by atoms with Gasteiger partial charge in [0.1, 0.15) is 0 Å². The van der Waals surface area contributed by atoms with Gasteiger partial charge in [0.05, 0.1) is 0 Å². The van der Waals surface area contributed by atoms with Gasteiger partial charge < -0.3 is 4.57 Å². The molecule has 21 heavy (non-hydrogen) atoms. The van der Waals surface area contributed by atoms with Crippen molar-refractivity contribution in [1.29, 1.82) is 0 Å². The van der Waals surface area contributed by atoms with E-state index in [1.54, 1.807) is 0 Å². The highest BCUT2D eigenvalue weighted by atomic mass is 16.1. The van der Waals surface area contributed by atoms with Crippen LogP contribution in [0.3, 0.4) is 0 Å². The summed E-state index contributed by atoms with van der Waals surface area (Å²) in [4.78, 5) is 12.0. The predicted molar refractivity (Wildman–Crippen MR) is 85.7 cm³/mol. The molecule has 0 atom stereocenters.